The number of aryl methyl sites for hydroxylation is 1. The minimum absolute atomic E-state index is 0.143. The normalized spacial score (nSPS) is 10.3. The zero-order valence-corrected chi connectivity index (χ0v) is 12.6. The van der Waals surface area contributed by atoms with Crippen LogP contribution in [-0.2, 0) is 6.54 Å². The first-order valence-corrected chi connectivity index (χ1v) is 7.64. The number of carbonyl (C=O) groups excluding carboxylic acids is 1. The number of pyridine rings is 1. The van der Waals surface area contributed by atoms with E-state index in [1.165, 1.54) is 5.56 Å². The van der Waals surface area contributed by atoms with E-state index in [0.29, 0.717) is 12.2 Å². The van der Waals surface area contributed by atoms with Crippen LogP contribution in [0.1, 0.15) is 35.0 Å². The van der Waals surface area contributed by atoms with Crippen LogP contribution in [-0.4, -0.2) is 17.4 Å². The van der Waals surface area contributed by atoms with Crippen molar-refractivity contribution in [3.8, 4) is 0 Å². The van der Waals surface area contributed by atoms with Crippen molar-refractivity contribution >= 4 is 22.9 Å². The molecule has 0 unspecified atom stereocenters. The van der Waals surface area contributed by atoms with Gasteiger partial charge in [0, 0.05) is 25.0 Å². The Morgan fingerprint density at radius 1 is 1.40 bits per heavy atom. The largest absolute Gasteiger partial charge is 0.385 e. The van der Waals surface area contributed by atoms with Gasteiger partial charge in [-0.1, -0.05) is 6.92 Å². The fourth-order valence-corrected chi connectivity index (χ4v) is 2.63. The molecule has 2 rings (SSSR count). The molecule has 0 saturated carbocycles. The molecule has 4 nitrogen and oxygen atoms in total. The summed E-state index contributed by atoms with van der Waals surface area (Å²) >= 11 is 1.65. The summed E-state index contributed by atoms with van der Waals surface area (Å²) in [5.74, 6) is -0.143. The summed E-state index contributed by atoms with van der Waals surface area (Å²) in [5.41, 5.74) is 3.74. The van der Waals surface area contributed by atoms with Gasteiger partial charge in [0.1, 0.15) is 5.69 Å². The minimum Gasteiger partial charge on any atom is -0.385 e. The highest BCUT2D eigenvalue weighted by molar-refractivity contribution is 7.08. The summed E-state index contributed by atoms with van der Waals surface area (Å²) in [6.07, 6.45) is 2.70. The molecule has 0 spiro atoms. The molecule has 0 radical (unpaired) electrons. The van der Waals surface area contributed by atoms with Crippen molar-refractivity contribution in [1.29, 1.82) is 0 Å². The van der Waals surface area contributed by atoms with E-state index in [-0.39, 0.29) is 5.91 Å². The Hall–Kier alpha value is -1.88. The molecule has 0 aliphatic carbocycles. The van der Waals surface area contributed by atoms with E-state index in [1.54, 1.807) is 23.6 Å². The highest BCUT2D eigenvalue weighted by Gasteiger charge is 2.08. The maximum absolute atomic E-state index is 12.1. The number of hydrogen-bond donors (Lipinski definition) is 2. The molecule has 2 N–H and O–H groups in total. The van der Waals surface area contributed by atoms with Crippen LogP contribution in [0.3, 0.4) is 0 Å². The van der Waals surface area contributed by atoms with Crippen LogP contribution in [0.5, 0.6) is 0 Å². The van der Waals surface area contributed by atoms with Crippen LogP contribution < -0.4 is 10.6 Å². The Morgan fingerprint density at radius 2 is 2.25 bits per heavy atom. The van der Waals surface area contributed by atoms with Crippen molar-refractivity contribution in [3.63, 3.8) is 0 Å². The minimum atomic E-state index is -0.143. The zero-order valence-electron chi connectivity index (χ0n) is 11.8. The van der Waals surface area contributed by atoms with Gasteiger partial charge in [0.2, 0.25) is 0 Å². The number of hydrogen-bond acceptors (Lipinski definition) is 4. The second-order valence-electron chi connectivity index (χ2n) is 4.62. The summed E-state index contributed by atoms with van der Waals surface area (Å²) in [4.78, 5) is 16.2. The second-order valence-corrected chi connectivity index (χ2v) is 5.36. The summed E-state index contributed by atoms with van der Waals surface area (Å²) in [6, 6.07) is 3.65. The standard InChI is InChI=1S/C15H19N3OS/c1-3-5-16-13-4-6-17-14(7-13)15(19)18-8-12-10-20-9-11(12)2/h4,6-7,9-10H,3,5,8H2,1-2H3,(H,16,17)(H,18,19). The van der Waals surface area contributed by atoms with Crippen molar-refractivity contribution in [2.75, 3.05) is 11.9 Å². The van der Waals surface area contributed by atoms with Crippen molar-refractivity contribution in [1.82, 2.24) is 10.3 Å². The molecule has 2 aromatic rings. The topological polar surface area (TPSA) is 54.0 Å². The molecule has 2 heterocycles. The van der Waals surface area contributed by atoms with Gasteiger partial charge >= 0.3 is 0 Å². The molecule has 0 fully saturated rings. The lowest BCUT2D eigenvalue weighted by molar-refractivity contribution is 0.0946. The monoisotopic (exact) mass is 289 g/mol. The smallest absolute Gasteiger partial charge is 0.270 e. The van der Waals surface area contributed by atoms with Gasteiger partial charge in [0.15, 0.2) is 0 Å². The first-order valence-electron chi connectivity index (χ1n) is 6.70. The lowest BCUT2D eigenvalue weighted by Crippen LogP contribution is -2.24. The van der Waals surface area contributed by atoms with E-state index in [9.17, 15) is 4.79 Å². The van der Waals surface area contributed by atoms with Crippen LogP contribution in [0.15, 0.2) is 29.1 Å². The fraction of sp³-hybridized carbons (Fsp3) is 0.333. The van der Waals surface area contributed by atoms with Gasteiger partial charge in [-0.25, -0.2) is 0 Å². The number of anilines is 1. The highest BCUT2D eigenvalue weighted by Crippen LogP contribution is 2.13. The summed E-state index contributed by atoms with van der Waals surface area (Å²) in [5, 5.41) is 10.3. The number of rotatable bonds is 6. The summed E-state index contributed by atoms with van der Waals surface area (Å²) < 4.78 is 0. The van der Waals surface area contributed by atoms with Gasteiger partial charge in [-0.05, 0) is 47.4 Å². The first kappa shape index (κ1) is 14.5. The Bertz CT molecular complexity index is 580. The highest BCUT2D eigenvalue weighted by atomic mass is 32.1. The molecule has 20 heavy (non-hydrogen) atoms. The Kier molecular flexibility index (Phi) is 5.12. The Morgan fingerprint density at radius 3 is 2.95 bits per heavy atom. The molecule has 0 atom stereocenters. The van der Waals surface area contributed by atoms with Crippen LogP contribution in [0.25, 0.3) is 0 Å². The number of nitrogens with zero attached hydrogens (tertiary/aromatic N) is 1. The van der Waals surface area contributed by atoms with Crippen molar-refractivity contribution in [2.45, 2.75) is 26.8 Å². The van der Waals surface area contributed by atoms with Crippen molar-refractivity contribution < 1.29 is 4.79 Å². The SMILES string of the molecule is CCCNc1ccnc(C(=O)NCc2cscc2C)c1. The maximum Gasteiger partial charge on any atom is 0.270 e. The van der Waals surface area contributed by atoms with E-state index in [1.807, 2.05) is 13.0 Å². The molecule has 0 bridgehead atoms. The molecule has 0 aliphatic heterocycles. The van der Waals surface area contributed by atoms with Gasteiger partial charge in [-0.3, -0.25) is 9.78 Å². The molecule has 5 heteroatoms. The van der Waals surface area contributed by atoms with Gasteiger partial charge in [0.25, 0.3) is 5.91 Å². The van der Waals surface area contributed by atoms with Gasteiger partial charge in [0.05, 0.1) is 0 Å². The summed E-state index contributed by atoms with van der Waals surface area (Å²) in [6.45, 7) is 5.58. The van der Waals surface area contributed by atoms with Gasteiger partial charge < -0.3 is 10.6 Å². The van der Waals surface area contributed by atoms with Crippen LogP contribution in [0.4, 0.5) is 5.69 Å². The predicted molar refractivity (Wildman–Crippen MR) is 83.2 cm³/mol. The number of amides is 1. The zero-order chi connectivity index (χ0) is 14.4. The summed E-state index contributed by atoms with van der Waals surface area (Å²) in [7, 11) is 0. The van der Waals surface area contributed by atoms with E-state index in [4.69, 9.17) is 0 Å². The molecule has 2 aromatic heterocycles. The van der Waals surface area contributed by atoms with E-state index in [0.717, 1.165) is 24.2 Å². The molecule has 0 aromatic carbocycles. The Labute approximate surface area is 123 Å². The average Bonchev–Trinajstić information content (AvgIpc) is 2.88. The second kappa shape index (κ2) is 7.05. The Balaban J connectivity index is 1.96. The molecular weight excluding hydrogens is 270 g/mol. The predicted octanol–water partition coefficient (Wildman–Crippen LogP) is 3.20. The molecule has 1 amide bonds. The van der Waals surface area contributed by atoms with E-state index in [2.05, 4.69) is 33.3 Å². The van der Waals surface area contributed by atoms with Crippen LogP contribution in [0.2, 0.25) is 0 Å². The molecular formula is C15H19N3OS. The maximum atomic E-state index is 12.1. The molecule has 106 valence electrons. The van der Waals surface area contributed by atoms with E-state index < -0.39 is 0 Å². The van der Waals surface area contributed by atoms with E-state index >= 15 is 0 Å². The molecule has 0 aliphatic rings. The third kappa shape index (κ3) is 3.81. The fourth-order valence-electron chi connectivity index (χ4n) is 1.77. The van der Waals surface area contributed by atoms with Crippen molar-refractivity contribution in [3.05, 3.63) is 45.9 Å². The number of nitrogens with one attached hydrogen (secondary N) is 2. The number of thiophene rings is 1. The third-order valence-corrected chi connectivity index (χ3v) is 3.88. The molecule has 0 saturated heterocycles. The van der Waals surface area contributed by atoms with Gasteiger partial charge in [-0.2, -0.15) is 11.3 Å². The first-order chi connectivity index (χ1) is 9.70. The lowest BCUT2D eigenvalue weighted by atomic mass is 10.2. The van der Waals surface area contributed by atoms with Crippen molar-refractivity contribution in [2.24, 2.45) is 0 Å². The van der Waals surface area contributed by atoms with Crippen LogP contribution in [0, 0.1) is 6.92 Å². The van der Waals surface area contributed by atoms with Crippen LogP contribution >= 0.6 is 11.3 Å². The average molecular weight is 289 g/mol. The third-order valence-electron chi connectivity index (χ3n) is 2.97. The quantitative estimate of drug-likeness (QED) is 0.858. The van der Waals surface area contributed by atoms with Gasteiger partial charge in [-0.15, -0.1) is 0 Å². The number of aromatic nitrogens is 1. The lowest BCUT2D eigenvalue weighted by Gasteiger charge is -2.07. The number of carbonyl (C=O) groups is 1.